The summed E-state index contributed by atoms with van der Waals surface area (Å²) >= 11 is 4.48. The van der Waals surface area contributed by atoms with E-state index in [4.69, 9.17) is 0 Å². The van der Waals surface area contributed by atoms with E-state index in [1.165, 1.54) is 17.8 Å². The predicted octanol–water partition coefficient (Wildman–Crippen LogP) is 3.82. The minimum atomic E-state index is -3.20. The third kappa shape index (κ3) is 4.57. The highest BCUT2D eigenvalue weighted by molar-refractivity contribution is 9.10. The number of fused-ring (bicyclic) bond motifs is 1. The first-order valence-electron chi connectivity index (χ1n) is 9.09. The SMILES string of the molecule is O=C(CCc1ccccc1)N=C1S[C@H]2CS(=O)(=O)C[C@H]2N1c1ccc(Br)cc1F. The Morgan fingerprint density at radius 2 is 1.97 bits per heavy atom. The first-order chi connectivity index (χ1) is 13.8. The maximum atomic E-state index is 14.7. The van der Waals surface area contributed by atoms with E-state index in [2.05, 4.69) is 20.9 Å². The maximum absolute atomic E-state index is 14.7. The van der Waals surface area contributed by atoms with Gasteiger partial charge in [-0.05, 0) is 30.2 Å². The number of hydrogen-bond acceptors (Lipinski definition) is 4. The fourth-order valence-electron chi connectivity index (χ4n) is 3.58. The lowest BCUT2D eigenvalue weighted by Crippen LogP contribution is -2.38. The van der Waals surface area contributed by atoms with Gasteiger partial charge in [-0.15, -0.1) is 0 Å². The molecule has 0 N–H and O–H groups in total. The normalized spacial score (nSPS) is 24.1. The largest absolute Gasteiger partial charge is 0.313 e. The number of carbonyl (C=O) groups is 1. The second kappa shape index (κ2) is 8.20. The van der Waals surface area contributed by atoms with Gasteiger partial charge >= 0.3 is 0 Å². The molecule has 2 aliphatic rings. The van der Waals surface area contributed by atoms with Gasteiger partial charge < -0.3 is 4.90 Å². The van der Waals surface area contributed by atoms with Crippen molar-refractivity contribution in [1.29, 1.82) is 0 Å². The van der Waals surface area contributed by atoms with Crippen molar-refractivity contribution in [1.82, 2.24) is 0 Å². The minimum absolute atomic E-state index is 0.00814. The van der Waals surface area contributed by atoms with Gasteiger partial charge in [0.25, 0.3) is 0 Å². The molecule has 29 heavy (non-hydrogen) atoms. The summed E-state index contributed by atoms with van der Waals surface area (Å²) in [6.45, 7) is 0. The molecule has 2 aliphatic heterocycles. The van der Waals surface area contributed by atoms with Crippen LogP contribution in [0.1, 0.15) is 12.0 Å². The fraction of sp³-hybridized carbons (Fsp3) is 0.300. The highest BCUT2D eigenvalue weighted by atomic mass is 79.9. The Kier molecular flexibility index (Phi) is 5.81. The van der Waals surface area contributed by atoms with Crippen LogP contribution < -0.4 is 4.90 Å². The molecule has 0 spiro atoms. The first-order valence-corrected chi connectivity index (χ1v) is 12.6. The van der Waals surface area contributed by atoms with Crippen LogP contribution in [-0.4, -0.2) is 42.3 Å². The van der Waals surface area contributed by atoms with Crippen molar-refractivity contribution in [2.24, 2.45) is 4.99 Å². The summed E-state index contributed by atoms with van der Waals surface area (Å²) in [5, 5.41) is 0.109. The molecular formula is C20H18BrFN2O3S2. The molecule has 9 heteroatoms. The fourth-order valence-corrected chi connectivity index (χ4v) is 7.84. The van der Waals surface area contributed by atoms with Gasteiger partial charge in [0.2, 0.25) is 5.91 Å². The zero-order valence-corrected chi connectivity index (χ0v) is 18.5. The molecular weight excluding hydrogens is 479 g/mol. The number of hydrogen-bond donors (Lipinski definition) is 0. The lowest BCUT2D eigenvalue weighted by Gasteiger charge is -2.25. The molecule has 0 radical (unpaired) electrons. The molecule has 5 nitrogen and oxygen atoms in total. The zero-order valence-electron chi connectivity index (χ0n) is 15.3. The van der Waals surface area contributed by atoms with Crippen LogP contribution in [0, 0.1) is 5.82 Å². The van der Waals surface area contributed by atoms with Crippen LogP contribution in [0.2, 0.25) is 0 Å². The third-order valence-corrected chi connectivity index (χ3v) is 8.63. The maximum Gasteiger partial charge on any atom is 0.248 e. The van der Waals surface area contributed by atoms with E-state index in [9.17, 15) is 17.6 Å². The molecule has 2 fully saturated rings. The van der Waals surface area contributed by atoms with Crippen molar-refractivity contribution in [2.45, 2.75) is 24.1 Å². The van der Waals surface area contributed by atoms with Crippen molar-refractivity contribution < 1.29 is 17.6 Å². The molecule has 2 aromatic carbocycles. The number of amides is 1. The Bertz CT molecular complexity index is 1080. The number of sulfone groups is 1. The van der Waals surface area contributed by atoms with Gasteiger partial charge in [-0.2, -0.15) is 4.99 Å². The quantitative estimate of drug-likeness (QED) is 0.643. The first kappa shape index (κ1) is 20.6. The number of amidine groups is 1. The lowest BCUT2D eigenvalue weighted by atomic mass is 10.1. The number of benzene rings is 2. The second-order valence-corrected chi connectivity index (χ2v) is 11.3. The van der Waals surface area contributed by atoms with E-state index in [0.717, 1.165) is 5.56 Å². The third-order valence-electron chi connectivity index (χ3n) is 4.93. The van der Waals surface area contributed by atoms with E-state index in [0.29, 0.717) is 16.1 Å². The number of nitrogens with zero attached hydrogens (tertiary/aromatic N) is 2. The molecule has 0 bridgehead atoms. The molecule has 4 rings (SSSR count). The molecule has 0 unspecified atom stereocenters. The average Bonchev–Trinajstić information content (AvgIpc) is 3.12. The summed E-state index contributed by atoms with van der Waals surface area (Å²) < 4.78 is 39.4. The Balaban J connectivity index is 1.60. The van der Waals surface area contributed by atoms with E-state index in [-0.39, 0.29) is 34.8 Å². The molecule has 0 saturated carbocycles. The number of halogens is 2. The van der Waals surface area contributed by atoms with Crippen molar-refractivity contribution in [2.75, 3.05) is 16.4 Å². The molecule has 152 valence electrons. The number of aliphatic imine (C=N–C) groups is 1. The van der Waals surface area contributed by atoms with Gasteiger partial charge in [0, 0.05) is 16.1 Å². The molecule has 1 amide bonds. The summed E-state index contributed by atoms with van der Waals surface area (Å²) in [6.07, 6.45) is 0.799. The lowest BCUT2D eigenvalue weighted by molar-refractivity contribution is -0.117. The summed E-state index contributed by atoms with van der Waals surface area (Å²) in [5.74, 6) is -0.859. The molecule has 0 aliphatic carbocycles. The van der Waals surface area contributed by atoms with Gasteiger partial charge in [-0.25, -0.2) is 12.8 Å². The van der Waals surface area contributed by atoms with Crippen LogP contribution in [0.15, 0.2) is 58.0 Å². The van der Waals surface area contributed by atoms with E-state index >= 15 is 0 Å². The Labute approximate surface area is 181 Å². The number of aryl methyl sites for hydroxylation is 1. The molecule has 2 aromatic rings. The summed E-state index contributed by atoms with van der Waals surface area (Å²) in [6, 6.07) is 13.8. The standard InChI is InChI=1S/C20H18BrFN2O3S2/c21-14-7-8-16(15(22)10-14)24-17-11-29(26,27)12-18(17)28-20(24)23-19(25)9-6-13-4-2-1-3-5-13/h1-5,7-8,10,17-18H,6,9,11-12H2/t17-,18+/m1/s1. The number of anilines is 1. The second-order valence-electron chi connectivity index (χ2n) is 7.04. The molecule has 2 heterocycles. The van der Waals surface area contributed by atoms with Crippen molar-refractivity contribution in [3.05, 3.63) is 64.4 Å². The number of thioether (sulfide) groups is 1. The monoisotopic (exact) mass is 496 g/mol. The number of carbonyl (C=O) groups excluding carboxylic acids is 1. The van der Waals surface area contributed by atoms with E-state index in [1.54, 1.807) is 17.0 Å². The summed E-state index contributed by atoms with van der Waals surface area (Å²) in [4.78, 5) is 18.3. The topological polar surface area (TPSA) is 66.8 Å². The van der Waals surface area contributed by atoms with E-state index in [1.807, 2.05) is 30.3 Å². The van der Waals surface area contributed by atoms with E-state index < -0.39 is 21.7 Å². The highest BCUT2D eigenvalue weighted by Gasteiger charge is 2.49. The molecule has 2 saturated heterocycles. The Morgan fingerprint density at radius 3 is 2.69 bits per heavy atom. The molecule has 2 atom stereocenters. The number of rotatable bonds is 4. The van der Waals surface area contributed by atoms with Gasteiger partial charge in [-0.3, -0.25) is 4.79 Å². The van der Waals surface area contributed by atoms with Crippen LogP contribution in [-0.2, 0) is 21.1 Å². The zero-order chi connectivity index (χ0) is 20.6. The van der Waals surface area contributed by atoms with Crippen molar-refractivity contribution in [3.63, 3.8) is 0 Å². The van der Waals surface area contributed by atoms with Crippen LogP contribution in [0.5, 0.6) is 0 Å². The van der Waals surface area contributed by atoms with Crippen LogP contribution in [0.25, 0.3) is 0 Å². The van der Waals surface area contributed by atoms with Gasteiger partial charge in [0.05, 0.1) is 23.2 Å². The smallest absolute Gasteiger partial charge is 0.248 e. The average molecular weight is 497 g/mol. The van der Waals surface area contributed by atoms with Crippen molar-refractivity contribution in [3.8, 4) is 0 Å². The van der Waals surface area contributed by atoms with Gasteiger partial charge in [0.1, 0.15) is 5.82 Å². The van der Waals surface area contributed by atoms with Gasteiger partial charge in [-0.1, -0.05) is 58.0 Å². The van der Waals surface area contributed by atoms with Crippen LogP contribution >= 0.6 is 27.7 Å². The van der Waals surface area contributed by atoms with Crippen LogP contribution in [0.4, 0.5) is 10.1 Å². The summed E-state index contributed by atoms with van der Waals surface area (Å²) in [7, 11) is -3.20. The summed E-state index contributed by atoms with van der Waals surface area (Å²) in [5.41, 5.74) is 1.28. The Morgan fingerprint density at radius 1 is 1.21 bits per heavy atom. The Hall–Kier alpha value is -1.71. The van der Waals surface area contributed by atoms with Crippen LogP contribution in [0.3, 0.4) is 0 Å². The minimum Gasteiger partial charge on any atom is -0.313 e. The van der Waals surface area contributed by atoms with Crippen molar-refractivity contribution >= 4 is 54.3 Å². The predicted molar refractivity (Wildman–Crippen MR) is 118 cm³/mol. The highest BCUT2D eigenvalue weighted by Crippen LogP contribution is 2.42. The molecule has 0 aromatic heterocycles. The van der Waals surface area contributed by atoms with Gasteiger partial charge in [0.15, 0.2) is 15.0 Å².